The average Bonchev–Trinajstić information content (AvgIpc) is 3.35. The van der Waals surface area contributed by atoms with Gasteiger partial charge in [-0.25, -0.2) is 5.10 Å². The molecule has 0 spiro atoms. The van der Waals surface area contributed by atoms with Gasteiger partial charge in [0.25, 0.3) is 5.91 Å². The zero-order valence-electron chi connectivity index (χ0n) is 15.2. The summed E-state index contributed by atoms with van der Waals surface area (Å²) in [7, 11) is 3.15. The highest BCUT2D eigenvalue weighted by molar-refractivity contribution is 7.99. The van der Waals surface area contributed by atoms with Gasteiger partial charge in [0.2, 0.25) is 5.95 Å². The van der Waals surface area contributed by atoms with Gasteiger partial charge in [0.1, 0.15) is 4.88 Å². The summed E-state index contributed by atoms with van der Waals surface area (Å²) in [5, 5.41) is 17.3. The molecule has 0 bridgehead atoms. The molecule has 148 valence electrons. The van der Waals surface area contributed by atoms with Crippen molar-refractivity contribution in [3.8, 4) is 11.5 Å². The van der Waals surface area contributed by atoms with Crippen LogP contribution < -0.4 is 14.8 Å². The van der Waals surface area contributed by atoms with Crippen molar-refractivity contribution in [3.63, 3.8) is 0 Å². The van der Waals surface area contributed by atoms with Gasteiger partial charge in [-0.2, -0.15) is 0 Å². The monoisotopic (exact) mass is 447 g/mol. The summed E-state index contributed by atoms with van der Waals surface area (Å²) in [5.41, 5.74) is 0. The fourth-order valence-corrected chi connectivity index (χ4v) is 5.28. The topological polar surface area (TPSA) is 102 Å². The first-order chi connectivity index (χ1) is 14.1. The molecule has 0 aliphatic rings. The van der Waals surface area contributed by atoms with Crippen LogP contribution in [0.15, 0.2) is 46.2 Å². The Hall–Kier alpha value is -2.82. The Balaban J connectivity index is 1.84. The first-order valence-corrected chi connectivity index (χ1v) is 10.3. The van der Waals surface area contributed by atoms with E-state index in [1.54, 1.807) is 20.3 Å². The standard InChI is InChI=1S/C18H14ClN5O3S2/c1-26-12-7-11-14(8-13(12)27-2)29-16(17(25)20-18-21-23-24-22-18)15(11)28-10-5-3-4-9(19)6-10/h3-8H,1-2H3,(H2,20,21,22,23,24,25). The highest BCUT2D eigenvalue weighted by atomic mass is 35.5. The molecule has 2 heterocycles. The van der Waals surface area contributed by atoms with E-state index in [-0.39, 0.29) is 11.9 Å². The molecule has 1 amide bonds. The number of anilines is 1. The first-order valence-electron chi connectivity index (χ1n) is 8.26. The van der Waals surface area contributed by atoms with Crippen LogP contribution >= 0.6 is 34.7 Å². The third-order valence-corrected chi connectivity index (χ3v) is 6.58. The molecule has 4 aromatic rings. The van der Waals surface area contributed by atoms with Crippen molar-refractivity contribution in [2.45, 2.75) is 9.79 Å². The van der Waals surface area contributed by atoms with Crippen molar-refractivity contribution in [2.75, 3.05) is 19.5 Å². The van der Waals surface area contributed by atoms with Crippen LogP contribution in [0.4, 0.5) is 5.95 Å². The minimum atomic E-state index is -0.327. The molecule has 2 aromatic heterocycles. The van der Waals surface area contributed by atoms with Crippen LogP contribution in [0.1, 0.15) is 9.67 Å². The summed E-state index contributed by atoms with van der Waals surface area (Å²) < 4.78 is 11.7. The van der Waals surface area contributed by atoms with E-state index in [4.69, 9.17) is 21.1 Å². The predicted molar refractivity (Wildman–Crippen MR) is 113 cm³/mol. The van der Waals surface area contributed by atoms with Crippen molar-refractivity contribution in [3.05, 3.63) is 46.3 Å². The molecule has 2 aromatic carbocycles. The largest absolute Gasteiger partial charge is 0.493 e. The van der Waals surface area contributed by atoms with Gasteiger partial charge >= 0.3 is 0 Å². The fourth-order valence-electron chi connectivity index (χ4n) is 2.68. The molecule has 0 radical (unpaired) electrons. The average molecular weight is 448 g/mol. The normalized spacial score (nSPS) is 10.9. The number of thiophene rings is 1. The number of halogens is 1. The number of hydrogen-bond donors (Lipinski definition) is 2. The third-order valence-electron chi connectivity index (χ3n) is 3.95. The van der Waals surface area contributed by atoms with Crippen molar-refractivity contribution in [1.82, 2.24) is 20.6 Å². The van der Waals surface area contributed by atoms with Crippen LogP contribution in [0.25, 0.3) is 10.1 Å². The highest BCUT2D eigenvalue weighted by Crippen LogP contribution is 2.45. The number of nitrogens with one attached hydrogen (secondary N) is 2. The maximum atomic E-state index is 13.0. The lowest BCUT2D eigenvalue weighted by Crippen LogP contribution is -2.12. The van der Waals surface area contributed by atoms with E-state index in [1.165, 1.54) is 23.1 Å². The number of carbonyl (C=O) groups excluding carboxylic acids is 1. The molecular weight excluding hydrogens is 434 g/mol. The number of carbonyl (C=O) groups is 1. The summed E-state index contributed by atoms with van der Waals surface area (Å²) >= 11 is 8.92. The number of nitrogens with zero attached hydrogens (tertiary/aromatic N) is 3. The van der Waals surface area contributed by atoms with E-state index in [2.05, 4.69) is 25.9 Å². The Morgan fingerprint density at radius 1 is 1.21 bits per heavy atom. The van der Waals surface area contributed by atoms with Crippen LogP contribution in [0.2, 0.25) is 5.02 Å². The Morgan fingerprint density at radius 2 is 2.00 bits per heavy atom. The van der Waals surface area contributed by atoms with Gasteiger partial charge in [0, 0.05) is 31.0 Å². The number of tetrazole rings is 1. The number of H-pyrrole nitrogens is 1. The van der Waals surface area contributed by atoms with E-state index >= 15 is 0 Å². The van der Waals surface area contributed by atoms with Crippen LogP contribution in [-0.4, -0.2) is 40.8 Å². The van der Waals surface area contributed by atoms with Crippen LogP contribution in [-0.2, 0) is 0 Å². The molecule has 0 aliphatic carbocycles. The van der Waals surface area contributed by atoms with Crippen molar-refractivity contribution < 1.29 is 14.3 Å². The number of aromatic amines is 1. The van der Waals surface area contributed by atoms with E-state index in [9.17, 15) is 4.79 Å². The van der Waals surface area contributed by atoms with E-state index < -0.39 is 0 Å². The van der Waals surface area contributed by atoms with Gasteiger partial charge in [-0.3, -0.25) is 10.1 Å². The highest BCUT2D eigenvalue weighted by Gasteiger charge is 2.22. The van der Waals surface area contributed by atoms with Gasteiger partial charge < -0.3 is 9.47 Å². The lowest BCUT2D eigenvalue weighted by Gasteiger charge is -2.08. The van der Waals surface area contributed by atoms with Gasteiger partial charge in [-0.1, -0.05) is 34.5 Å². The van der Waals surface area contributed by atoms with Gasteiger partial charge in [-0.15, -0.1) is 11.3 Å². The number of ether oxygens (including phenoxy) is 2. The SMILES string of the molecule is COc1cc2sc(C(=O)Nc3nnn[nH]3)c(Sc3cccc(Cl)c3)c2cc1OC. The van der Waals surface area contributed by atoms with Crippen molar-refractivity contribution >= 4 is 56.6 Å². The summed E-state index contributed by atoms with van der Waals surface area (Å²) in [6, 6.07) is 11.2. The Labute approximate surface area is 178 Å². The Kier molecular flexibility index (Phi) is 5.56. The van der Waals surface area contributed by atoms with Crippen LogP contribution in [0, 0.1) is 0 Å². The molecule has 2 N–H and O–H groups in total. The minimum absolute atomic E-state index is 0.168. The second-order valence-electron chi connectivity index (χ2n) is 5.73. The third kappa shape index (κ3) is 4.00. The predicted octanol–water partition coefficient (Wildman–Crippen LogP) is 4.49. The number of rotatable bonds is 6. The van der Waals surface area contributed by atoms with Crippen molar-refractivity contribution in [1.29, 1.82) is 0 Å². The van der Waals surface area contributed by atoms with E-state index in [0.717, 1.165) is 19.9 Å². The molecule has 0 saturated heterocycles. The van der Waals surface area contributed by atoms with Crippen LogP contribution in [0.5, 0.6) is 11.5 Å². The lowest BCUT2D eigenvalue weighted by molar-refractivity contribution is 0.102. The molecule has 0 unspecified atom stereocenters. The molecule has 11 heteroatoms. The molecule has 0 fully saturated rings. The number of amides is 1. The van der Waals surface area contributed by atoms with Gasteiger partial charge in [0.05, 0.1) is 14.2 Å². The summed E-state index contributed by atoms with van der Waals surface area (Å²) in [4.78, 5) is 15.1. The summed E-state index contributed by atoms with van der Waals surface area (Å²) in [6.45, 7) is 0. The molecule has 0 aliphatic heterocycles. The van der Waals surface area contributed by atoms with Crippen molar-refractivity contribution in [2.24, 2.45) is 0 Å². The second-order valence-corrected chi connectivity index (χ2v) is 8.30. The molecule has 8 nitrogen and oxygen atoms in total. The van der Waals surface area contributed by atoms with Gasteiger partial charge in [0.15, 0.2) is 11.5 Å². The zero-order valence-corrected chi connectivity index (χ0v) is 17.6. The van der Waals surface area contributed by atoms with Crippen LogP contribution in [0.3, 0.4) is 0 Å². The Morgan fingerprint density at radius 3 is 2.69 bits per heavy atom. The van der Waals surface area contributed by atoms with Gasteiger partial charge in [-0.05, 0) is 34.7 Å². The van der Waals surface area contributed by atoms with E-state index in [1.807, 2.05) is 30.3 Å². The molecular formula is C18H14ClN5O3S2. The quantitative estimate of drug-likeness (QED) is 0.449. The number of hydrogen-bond acceptors (Lipinski definition) is 8. The Bertz CT molecular complexity index is 1180. The first kappa shape index (κ1) is 19.5. The maximum absolute atomic E-state index is 13.0. The smallest absolute Gasteiger partial charge is 0.269 e. The minimum Gasteiger partial charge on any atom is -0.493 e. The second kappa shape index (κ2) is 8.27. The number of fused-ring (bicyclic) bond motifs is 1. The zero-order chi connectivity index (χ0) is 20.4. The lowest BCUT2D eigenvalue weighted by atomic mass is 10.2. The van der Waals surface area contributed by atoms with E-state index in [0.29, 0.717) is 21.4 Å². The maximum Gasteiger partial charge on any atom is 0.269 e. The molecule has 4 rings (SSSR count). The summed E-state index contributed by atoms with van der Waals surface area (Å²) in [5.74, 6) is 1.01. The molecule has 0 atom stereocenters. The number of methoxy groups -OCH3 is 2. The number of aromatic nitrogens is 4. The molecule has 29 heavy (non-hydrogen) atoms. The fraction of sp³-hybridized carbons (Fsp3) is 0.111. The summed E-state index contributed by atoms with van der Waals surface area (Å²) in [6.07, 6.45) is 0. The number of benzene rings is 2. The molecule has 0 saturated carbocycles.